The number of hydrogen-bond donors (Lipinski definition) is 0. The third-order valence-electron chi connectivity index (χ3n) is 4.79. The van der Waals surface area contributed by atoms with Gasteiger partial charge in [0.1, 0.15) is 17.1 Å². The Morgan fingerprint density at radius 3 is 2.77 bits per heavy atom. The van der Waals surface area contributed by atoms with Crippen molar-refractivity contribution >= 4 is 16.8 Å². The number of rotatable bonds is 6. The zero-order valence-electron chi connectivity index (χ0n) is 16.4. The van der Waals surface area contributed by atoms with Crippen molar-refractivity contribution in [3.63, 3.8) is 0 Å². The third kappa shape index (κ3) is 3.94. The lowest BCUT2D eigenvalue weighted by molar-refractivity contribution is 0.0507. The molecule has 0 unspecified atom stereocenters. The molecule has 0 radical (unpaired) electrons. The topological polar surface area (TPSA) is 27.7 Å². The number of methoxy groups -OCH3 is 1. The largest absolute Gasteiger partial charge is 0.483 e. The summed E-state index contributed by atoms with van der Waals surface area (Å²) in [6.45, 7) is 8.71. The molecule has 0 N–H and O–H groups in total. The molecule has 3 nitrogen and oxygen atoms in total. The molecule has 0 aromatic heterocycles. The minimum Gasteiger partial charge on any atom is -0.483 e. The van der Waals surface area contributed by atoms with E-state index in [1.165, 1.54) is 11.0 Å². The van der Waals surface area contributed by atoms with Crippen molar-refractivity contribution in [1.29, 1.82) is 0 Å². The van der Waals surface area contributed by atoms with Gasteiger partial charge in [0.05, 0.1) is 0 Å². The van der Waals surface area contributed by atoms with Crippen LogP contribution in [0, 0.1) is 6.92 Å². The lowest BCUT2D eigenvalue weighted by Gasteiger charge is -2.32. The third-order valence-corrected chi connectivity index (χ3v) is 4.79. The maximum absolute atomic E-state index is 6.38. The second-order valence-electron chi connectivity index (χ2n) is 7.44. The zero-order valence-corrected chi connectivity index (χ0v) is 16.4. The second-order valence-corrected chi connectivity index (χ2v) is 7.44. The van der Waals surface area contributed by atoms with Gasteiger partial charge in [0, 0.05) is 12.7 Å². The van der Waals surface area contributed by atoms with Crippen molar-refractivity contribution in [3.05, 3.63) is 53.1 Å². The highest BCUT2D eigenvalue weighted by Gasteiger charge is 2.27. The van der Waals surface area contributed by atoms with Crippen LogP contribution in [0.15, 0.2) is 42.0 Å². The van der Waals surface area contributed by atoms with E-state index in [-0.39, 0.29) is 12.4 Å². The molecule has 0 saturated carbocycles. The van der Waals surface area contributed by atoms with Gasteiger partial charge in [0.25, 0.3) is 0 Å². The molecule has 26 heavy (non-hydrogen) atoms. The van der Waals surface area contributed by atoms with E-state index in [1.807, 2.05) is 0 Å². The van der Waals surface area contributed by atoms with E-state index in [0.29, 0.717) is 0 Å². The summed E-state index contributed by atoms with van der Waals surface area (Å²) >= 11 is 0. The predicted molar refractivity (Wildman–Crippen MR) is 108 cm³/mol. The number of hydrogen-bond acceptors (Lipinski definition) is 3. The Bertz CT molecular complexity index is 859. The van der Waals surface area contributed by atoms with Crippen LogP contribution in [0.3, 0.4) is 0 Å². The molecular weight excluding hydrogens is 324 g/mol. The molecule has 0 saturated heterocycles. The SMILES string of the molecule is COCOc1cc2c3c(ccc2cc1C)O[C@](C)(CCC=C(C)C)C=C3. The minimum absolute atomic E-state index is 0.246. The van der Waals surface area contributed by atoms with Crippen LogP contribution in [0.1, 0.15) is 44.7 Å². The summed E-state index contributed by atoms with van der Waals surface area (Å²) in [6.07, 6.45) is 8.62. The van der Waals surface area contributed by atoms with Gasteiger partial charge in [-0.25, -0.2) is 0 Å². The van der Waals surface area contributed by atoms with E-state index >= 15 is 0 Å². The molecule has 2 aromatic carbocycles. The van der Waals surface area contributed by atoms with E-state index in [2.05, 4.69) is 70.2 Å². The Morgan fingerprint density at radius 2 is 2.04 bits per heavy atom. The Morgan fingerprint density at radius 1 is 1.23 bits per heavy atom. The highest BCUT2D eigenvalue weighted by Crippen LogP contribution is 2.39. The Labute approximate surface area is 156 Å². The fourth-order valence-electron chi connectivity index (χ4n) is 3.33. The van der Waals surface area contributed by atoms with Crippen molar-refractivity contribution < 1.29 is 14.2 Å². The summed E-state index contributed by atoms with van der Waals surface area (Å²) < 4.78 is 17.1. The number of benzene rings is 2. The van der Waals surface area contributed by atoms with E-state index in [1.54, 1.807) is 7.11 Å². The fraction of sp³-hybridized carbons (Fsp3) is 0.391. The van der Waals surface area contributed by atoms with E-state index in [9.17, 15) is 0 Å². The molecule has 0 fully saturated rings. The number of ether oxygens (including phenoxy) is 3. The van der Waals surface area contributed by atoms with Gasteiger partial charge in [0.2, 0.25) is 0 Å². The number of fused-ring (bicyclic) bond motifs is 3. The van der Waals surface area contributed by atoms with E-state index in [4.69, 9.17) is 14.2 Å². The van der Waals surface area contributed by atoms with Crippen LogP contribution in [0.2, 0.25) is 0 Å². The molecule has 1 atom stereocenters. The second kappa shape index (κ2) is 7.55. The molecule has 138 valence electrons. The molecular formula is C23H28O3. The fourth-order valence-corrected chi connectivity index (χ4v) is 3.33. The van der Waals surface area contributed by atoms with E-state index in [0.717, 1.165) is 40.9 Å². The van der Waals surface area contributed by atoms with Gasteiger partial charge >= 0.3 is 0 Å². The molecule has 1 heterocycles. The maximum Gasteiger partial charge on any atom is 0.188 e. The quantitative estimate of drug-likeness (QED) is 0.468. The zero-order chi connectivity index (χ0) is 18.7. The summed E-state index contributed by atoms with van der Waals surface area (Å²) in [4.78, 5) is 0. The molecule has 2 aromatic rings. The maximum atomic E-state index is 6.38. The van der Waals surface area contributed by atoms with Crippen LogP contribution in [0.4, 0.5) is 0 Å². The van der Waals surface area contributed by atoms with Crippen molar-refractivity contribution in [3.8, 4) is 11.5 Å². The van der Waals surface area contributed by atoms with Gasteiger partial charge in [-0.1, -0.05) is 23.8 Å². The van der Waals surface area contributed by atoms with Gasteiger partial charge in [0.15, 0.2) is 6.79 Å². The molecule has 0 spiro atoms. The minimum atomic E-state index is -0.271. The molecule has 3 rings (SSSR count). The molecule has 1 aliphatic rings. The lowest BCUT2D eigenvalue weighted by atomic mass is 9.92. The first-order valence-electron chi connectivity index (χ1n) is 9.12. The van der Waals surface area contributed by atoms with Crippen LogP contribution < -0.4 is 9.47 Å². The number of allylic oxidation sites excluding steroid dienone is 2. The van der Waals surface area contributed by atoms with E-state index < -0.39 is 0 Å². The van der Waals surface area contributed by atoms with Gasteiger partial charge in [-0.2, -0.15) is 0 Å². The van der Waals surface area contributed by atoms with Gasteiger partial charge in [-0.05, 0) is 81.1 Å². The van der Waals surface area contributed by atoms with Crippen molar-refractivity contribution in [2.75, 3.05) is 13.9 Å². The monoisotopic (exact) mass is 352 g/mol. The first-order chi connectivity index (χ1) is 12.4. The Balaban J connectivity index is 1.93. The van der Waals surface area contributed by atoms with Gasteiger partial charge in [-0.3, -0.25) is 0 Å². The average molecular weight is 352 g/mol. The smallest absolute Gasteiger partial charge is 0.188 e. The van der Waals surface area contributed by atoms with Crippen LogP contribution in [-0.4, -0.2) is 19.5 Å². The molecule has 0 amide bonds. The highest BCUT2D eigenvalue weighted by atomic mass is 16.7. The molecule has 0 bridgehead atoms. The van der Waals surface area contributed by atoms with Gasteiger partial charge < -0.3 is 14.2 Å². The summed E-state index contributed by atoms with van der Waals surface area (Å²) in [5, 5.41) is 2.33. The summed E-state index contributed by atoms with van der Waals surface area (Å²) in [5.41, 5.74) is 3.29. The van der Waals surface area contributed by atoms with Gasteiger partial charge in [-0.15, -0.1) is 0 Å². The van der Waals surface area contributed by atoms with Crippen LogP contribution in [0.5, 0.6) is 11.5 Å². The summed E-state index contributed by atoms with van der Waals surface area (Å²) in [6, 6.07) is 8.44. The number of aryl methyl sites for hydroxylation is 1. The van der Waals surface area contributed by atoms with Crippen LogP contribution in [-0.2, 0) is 4.74 Å². The lowest BCUT2D eigenvalue weighted by Crippen LogP contribution is -2.31. The highest BCUT2D eigenvalue weighted by molar-refractivity contribution is 5.95. The molecule has 0 aliphatic carbocycles. The van der Waals surface area contributed by atoms with Crippen molar-refractivity contribution in [1.82, 2.24) is 0 Å². The average Bonchev–Trinajstić information content (AvgIpc) is 2.59. The molecule has 3 heteroatoms. The van der Waals surface area contributed by atoms with Crippen LogP contribution >= 0.6 is 0 Å². The standard InChI is InChI=1S/C23H28O3/c1-16(2)7-6-11-23(4)12-10-19-20-14-22(25-15-24-5)17(3)13-18(20)8-9-21(19)26-23/h7-10,12-14H,6,11,15H2,1-5H3/t23-/m1/s1. The normalized spacial score (nSPS) is 18.3. The first-order valence-corrected chi connectivity index (χ1v) is 9.12. The Hall–Kier alpha value is -2.26. The van der Waals surface area contributed by atoms with Crippen molar-refractivity contribution in [2.24, 2.45) is 0 Å². The Kier molecular flexibility index (Phi) is 5.38. The first kappa shape index (κ1) is 18.5. The van der Waals surface area contributed by atoms with Crippen molar-refractivity contribution in [2.45, 2.75) is 46.1 Å². The molecule has 1 aliphatic heterocycles. The van der Waals surface area contributed by atoms with Crippen LogP contribution in [0.25, 0.3) is 16.8 Å². The summed E-state index contributed by atoms with van der Waals surface area (Å²) in [5.74, 6) is 1.78. The predicted octanol–water partition coefficient (Wildman–Crippen LogP) is 6.04. The summed E-state index contributed by atoms with van der Waals surface area (Å²) in [7, 11) is 1.63.